The van der Waals surface area contributed by atoms with Crippen LogP contribution in [0, 0.1) is 5.92 Å². The van der Waals surface area contributed by atoms with E-state index in [1.807, 2.05) is 0 Å². The summed E-state index contributed by atoms with van der Waals surface area (Å²) in [6.07, 6.45) is 6.79. The number of likely N-dealkylation sites (tertiary alicyclic amines) is 1. The highest BCUT2D eigenvalue weighted by Crippen LogP contribution is 2.67. The molecule has 2 saturated carbocycles. The lowest BCUT2D eigenvalue weighted by molar-refractivity contribution is -0.223. The number of furan rings is 1. The number of amides is 1. The first-order valence-electron chi connectivity index (χ1n) is 14.3. The minimum Gasteiger partial charge on any atom is -0.504 e. The summed E-state index contributed by atoms with van der Waals surface area (Å²) in [7, 11) is 0. The van der Waals surface area contributed by atoms with E-state index in [1.165, 1.54) is 30.7 Å². The van der Waals surface area contributed by atoms with Gasteiger partial charge in [0.05, 0.1) is 41.7 Å². The topological polar surface area (TPSA) is 107 Å². The highest BCUT2D eigenvalue weighted by Gasteiger charge is 2.75. The van der Waals surface area contributed by atoms with Gasteiger partial charge >= 0.3 is 0 Å². The number of likely N-dealkylation sites (N-methyl/N-ethyl adjacent to an activating group) is 1. The molecule has 8 heteroatoms. The largest absolute Gasteiger partial charge is 0.504 e. The van der Waals surface area contributed by atoms with Gasteiger partial charge in [0.1, 0.15) is 6.10 Å². The summed E-state index contributed by atoms with van der Waals surface area (Å²) in [5.74, 6) is -0.117. The molecule has 6 atom stereocenters. The van der Waals surface area contributed by atoms with Crippen molar-refractivity contribution in [3.63, 3.8) is 0 Å². The zero-order chi connectivity index (χ0) is 27.3. The Labute approximate surface area is 214 Å². The quantitative estimate of drug-likeness (QED) is 0.548. The van der Waals surface area contributed by atoms with Gasteiger partial charge < -0.3 is 29.4 Å². The van der Waals surface area contributed by atoms with Crippen molar-refractivity contribution < 1.29 is 33.4 Å². The SMILES string of the molecule is [2H]C([2H])([2H])N(C(=O)/C=C/c1ccoc1)[C@@H]1CC[C@@]2(O)[C@H]3[C@@H](O)c4ccc(O)c5c4[C@@]2(CCN3CC2CC2)[C@H]1O5. The van der Waals surface area contributed by atoms with Crippen molar-refractivity contribution in [3.05, 3.63) is 53.5 Å². The molecular formula is C28H32N2O6. The smallest absolute Gasteiger partial charge is 0.246 e. The van der Waals surface area contributed by atoms with Crippen LogP contribution >= 0.6 is 0 Å². The molecule has 3 N–H and O–H groups in total. The van der Waals surface area contributed by atoms with E-state index in [2.05, 4.69) is 4.90 Å². The predicted octanol–water partition coefficient (Wildman–Crippen LogP) is 2.58. The molecule has 2 aromatic rings. The Balaban J connectivity index is 1.34. The third-order valence-electron chi connectivity index (χ3n) is 9.30. The van der Waals surface area contributed by atoms with Crippen molar-refractivity contribution in [3.8, 4) is 11.5 Å². The van der Waals surface area contributed by atoms with Crippen LogP contribution in [0.1, 0.15) is 59.0 Å². The molecule has 1 aromatic heterocycles. The van der Waals surface area contributed by atoms with Crippen LogP contribution < -0.4 is 4.74 Å². The second-order valence-corrected chi connectivity index (χ2v) is 11.1. The number of phenolic OH excluding ortho intramolecular Hbond substituents is 1. The monoisotopic (exact) mass is 495 g/mol. The van der Waals surface area contributed by atoms with Crippen LogP contribution in [0.3, 0.4) is 0 Å². The number of ether oxygens (including phenoxy) is 1. The van der Waals surface area contributed by atoms with Crippen LogP contribution in [0.4, 0.5) is 0 Å². The maximum atomic E-state index is 13.5. The van der Waals surface area contributed by atoms with Gasteiger partial charge in [-0.3, -0.25) is 9.69 Å². The van der Waals surface area contributed by atoms with Gasteiger partial charge in [-0.05, 0) is 68.3 Å². The number of carbonyl (C=O) groups is 1. The number of aliphatic hydroxyl groups is 2. The fourth-order valence-electron chi connectivity index (χ4n) is 7.56. The third kappa shape index (κ3) is 2.83. The van der Waals surface area contributed by atoms with Crippen molar-refractivity contribution in [2.75, 3.05) is 20.1 Å². The highest BCUT2D eigenvalue weighted by molar-refractivity contribution is 5.92. The van der Waals surface area contributed by atoms with Crippen molar-refractivity contribution in [1.82, 2.24) is 9.80 Å². The second kappa shape index (κ2) is 7.60. The molecule has 2 aliphatic heterocycles. The number of piperidine rings is 1. The number of rotatable bonds is 5. The van der Waals surface area contributed by atoms with E-state index in [1.54, 1.807) is 12.1 Å². The van der Waals surface area contributed by atoms with E-state index >= 15 is 0 Å². The number of hydrogen-bond donors (Lipinski definition) is 3. The Bertz CT molecular complexity index is 1340. The lowest BCUT2D eigenvalue weighted by atomic mass is 9.47. The number of hydrogen-bond acceptors (Lipinski definition) is 7. The molecule has 36 heavy (non-hydrogen) atoms. The number of aliphatic hydroxyl groups excluding tert-OH is 1. The zero-order valence-corrected chi connectivity index (χ0v) is 19.8. The minimum atomic E-state index is -2.78. The Morgan fingerprint density at radius 3 is 2.92 bits per heavy atom. The molecule has 3 heterocycles. The maximum absolute atomic E-state index is 13.5. The molecule has 1 spiro atoms. The second-order valence-electron chi connectivity index (χ2n) is 11.1. The molecule has 1 aromatic carbocycles. The van der Waals surface area contributed by atoms with Gasteiger partial charge in [-0.25, -0.2) is 0 Å². The van der Waals surface area contributed by atoms with E-state index in [9.17, 15) is 20.1 Å². The number of aromatic hydroxyl groups is 1. The van der Waals surface area contributed by atoms with E-state index in [-0.39, 0.29) is 24.3 Å². The Morgan fingerprint density at radius 2 is 2.17 bits per heavy atom. The normalized spacial score (nSPS) is 38.1. The summed E-state index contributed by atoms with van der Waals surface area (Å²) in [4.78, 5) is 16.6. The van der Waals surface area contributed by atoms with Crippen molar-refractivity contribution in [2.24, 2.45) is 5.92 Å². The van der Waals surface area contributed by atoms with Crippen LogP contribution in [0.5, 0.6) is 11.5 Å². The van der Waals surface area contributed by atoms with Gasteiger partial charge in [-0.2, -0.15) is 0 Å². The molecule has 7 rings (SSSR count). The van der Waals surface area contributed by atoms with Gasteiger partial charge in [-0.15, -0.1) is 0 Å². The van der Waals surface area contributed by atoms with Crippen LogP contribution in [0.2, 0.25) is 0 Å². The summed E-state index contributed by atoms with van der Waals surface area (Å²) in [6.45, 7) is -1.41. The number of phenols is 1. The summed E-state index contributed by atoms with van der Waals surface area (Å²) in [5, 5.41) is 35.1. The first-order valence-corrected chi connectivity index (χ1v) is 12.8. The van der Waals surface area contributed by atoms with Crippen LogP contribution in [-0.2, 0) is 10.2 Å². The summed E-state index contributed by atoms with van der Waals surface area (Å²) < 4.78 is 36.4. The van der Waals surface area contributed by atoms with E-state index in [0.29, 0.717) is 35.6 Å². The lowest BCUT2D eigenvalue weighted by Gasteiger charge is -2.65. The van der Waals surface area contributed by atoms with Gasteiger partial charge in [0, 0.05) is 34.8 Å². The molecule has 190 valence electrons. The van der Waals surface area contributed by atoms with Crippen molar-refractivity contribution in [1.29, 1.82) is 0 Å². The molecule has 2 bridgehead atoms. The lowest BCUT2D eigenvalue weighted by Crippen LogP contribution is -2.79. The number of carbonyl (C=O) groups excluding carboxylic acids is 1. The Kier molecular flexibility index (Phi) is 4.08. The van der Waals surface area contributed by atoms with E-state index in [0.717, 1.165) is 24.3 Å². The van der Waals surface area contributed by atoms with Crippen LogP contribution in [0.25, 0.3) is 6.08 Å². The van der Waals surface area contributed by atoms with Gasteiger partial charge in [0.25, 0.3) is 0 Å². The standard InChI is InChI=1S/C28H32N2O6/c1-29(21(32)7-4-17-9-13-35-15-17)19-8-10-28(34)25-23(33)18-5-6-20(31)24-22(18)27(28,26(19)36-24)11-12-30(25)14-16-2-3-16/h4-7,9,13,15-16,19,23,25-26,31,33-34H,2-3,8,10-12,14H2,1H3/b7-4+/t19-,23+,25-,26+,27+,28-/m1/s1/i1D3. The Morgan fingerprint density at radius 1 is 1.31 bits per heavy atom. The Hall–Kier alpha value is -2.81. The van der Waals surface area contributed by atoms with Crippen molar-refractivity contribution in [2.45, 2.75) is 67.4 Å². The molecule has 8 nitrogen and oxygen atoms in total. The zero-order valence-electron chi connectivity index (χ0n) is 22.8. The summed E-state index contributed by atoms with van der Waals surface area (Å²) in [5.41, 5.74) is -0.740. The highest BCUT2D eigenvalue weighted by atomic mass is 16.5. The average molecular weight is 496 g/mol. The first kappa shape index (κ1) is 19.3. The molecule has 0 unspecified atom stereocenters. The average Bonchev–Trinajstić information content (AvgIpc) is 3.39. The number of nitrogens with zero attached hydrogens (tertiary/aromatic N) is 2. The van der Waals surface area contributed by atoms with Crippen molar-refractivity contribution >= 4 is 12.0 Å². The molecule has 0 radical (unpaired) electrons. The maximum Gasteiger partial charge on any atom is 0.246 e. The third-order valence-corrected chi connectivity index (χ3v) is 9.30. The summed E-state index contributed by atoms with van der Waals surface area (Å²) in [6, 6.07) is 3.33. The molecule has 1 saturated heterocycles. The summed E-state index contributed by atoms with van der Waals surface area (Å²) >= 11 is 0. The molecular weight excluding hydrogens is 460 g/mol. The number of benzene rings is 1. The molecule has 1 amide bonds. The minimum absolute atomic E-state index is 0.128. The molecule has 5 aliphatic rings. The van der Waals surface area contributed by atoms with E-state index < -0.39 is 48.2 Å². The van der Waals surface area contributed by atoms with Gasteiger partial charge in [0.2, 0.25) is 5.91 Å². The van der Waals surface area contributed by atoms with Crippen LogP contribution in [0.15, 0.2) is 41.2 Å². The van der Waals surface area contributed by atoms with E-state index in [4.69, 9.17) is 13.3 Å². The molecule has 3 aliphatic carbocycles. The molecule has 3 fully saturated rings. The van der Waals surface area contributed by atoms with Gasteiger partial charge in [0.15, 0.2) is 11.5 Å². The fourth-order valence-corrected chi connectivity index (χ4v) is 7.56. The predicted molar refractivity (Wildman–Crippen MR) is 130 cm³/mol. The van der Waals surface area contributed by atoms with Crippen LogP contribution in [-0.4, -0.2) is 74.9 Å². The van der Waals surface area contributed by atoms with Gasteiger partial charge in [-0.1, -0.05) is 6.07 Å². The first-order chi connectivity index (χ1) is 18.6. The fraction of sp³-hybridized carbons (Fsp3) is 0.536.